The number of hydrogen-bond acceptors (Lipinski definition) is 6. The maximum Gasteiger partial charge on any atom is 0.158 e. The Morgan fingerprint density at radius 2 is 1.78 bits per heavy atom. The highest BCUT2D eigenvalue weighted by Gasteiger charge is 2.58. The van der Waals surface area contributed by atoms with Crippen molar-refractivity contribution in [1.82, 2.24) is 4.98 Å². The molecule has 0 radical (unpaired) electrons. The highest BCUT2D eigenvalue weighted by atomic mass is 79.9. The molecule has 2 aromatic carbocycles. The van der Waals surface area contributed by atoms with Gasteiger partial charge in [0.15, 0.2) is 11.6 Å². The van der Waals surface area contributed by atoms with Gasteiger partial charge in [0.05, 0.1) is 11.3 Å². The molecule has 0 saturated heterocycles. The maximum atomic E-state index is 10.8. The fourth-order valence-corrected chi connectivity index (χ4v) is 5.92. The minimum absolute atomic E-state index is 0.427. The first kappa shape index (κ1) is 23.6. The summed E-state index contributed by atoms with van der Waals surface area (Å²) in [4.78, 5) is 9.65. The Morgan fingerprint density at radius 3 is 2.42 bits per heavy atom. The van der Waals surface area contributed by atoms with Crippen LogP contribution in [0.2, 0.25) is 0 Å². The molecule has 0 amide bonds. The number of pyridine rings is 1. The van der Waals surface area contributed by atoms with E-state index in [0.29, 0.717) is 30.4 Å². The van der Waals surface area contributed by atoms with Crippen LogP contribution in [-0.4, -0.2) is 21.9 Å². The number of rotatable bonds is 5. The number of aromatic nitrogens is 1. The van der Waals surface area contributed by atoms with Gasteiger partial charge in [0, 0.05) is 32.9 Å². The zero-order valence-electron chi connectivity index (χ0n) is 20.3. The maximum absolute atomic E-state index is 10.8. The number of benzene rings is 2. The summed E-state index contributed by atoms with van der Waals surface area (Å²) in [5, 5.41) is 12.4. The molecule has 3 aromatic rings. The van der Waals surface area contributed by atoms with Crippen molar-refractivity contribution < 1.29 is 5.11 Å². The van der Waals surface area contributed by atoms with Crippen molar-refractivity contribution in [3.8, 4) is 22.4 Å². The van der Waals surface area contributed by atoms with E-state index in [1.54, 1.807) is 5.01 Å². The number of nitrogens with zero attached hydrogens (tertiary/aromatic N) is 3. The third kappa shape index (κ3) is 3.91. The molecule has 7 heteroatoms. The minimum Gasteiger partial charge on any atom is -0.389 e. The van der Waals surface area contributed by atoms with Crippen molar-refractivity contribution in [2.45, 2.75) is 50.2 Å². The lowest BCUT2D eigenvalue weighted by Crippen LogP contribution is -2.60. The SMILES string of the molecule is CC/C(Br)=C1/N=Cc2cc(-c3ccccc3)c(-c3ccc(C4(N)CC(O)(C5CC5)C4)cc3)nc2N1N. The highest BCUT2D eigenvalue weighted by molar-refractivity contribution is 9.11. The predicted octanol–water partition coefficient (Wildman–Crippen LogP) is 5.59. The zero-order valence-corrected chi connectivity index (χ0v) is 21.9. The third-order valence-corrected chi connectivity index (χ3v) is 8.68. The first-order chi connectivity index (χ1) is 17.3. The Morgan fingerprint density at radius 1 is 1.08 bits per heavy atom. The number of nitrogens with two attached hydrogens (primary N) is 2. The van der Waals surface area contributed by atoms with E-state index >= 15 is 0 Å². The summed E-state index contributed by atoms with van der Waals surface area (Å²) in [7, 11) is 0. The largest absolute Gasteiger partial charge is 0.389 e. The third-order valence-electron chi connectivity index (χ3n) is 7.76. The van der Waals surface area contributed by atoms with Gasteiger partial charge < -0.3 is 10.8 Å². The Hall–Kier alpha value is -2.84. The fourth-order valence-electron chi connectivity index (χ4n) is 5.63. The van der Waals surface area contributed by atoms with E-state index in [0.717, 1.165) is 57.3 Å². The normalized spacial score (nSPS) is 26.4. The summed E-state index contributed by atoms with van der Waals surface area (Å²) >= 11 is 3.59. The molecule has 0 bridgehead atoms. The van der Waals surface area contributed by atoms with Gasteiger partial charge in [-0.2, -0.15) is 0 Å². The molecule has 0 spiro atoms. The topological polar surface area (TPSA) is 101 Å². The second-order valence-corrected chi connectivity index (χ2v) is 11.3. The fraction of sp³-hybridized carbons (Fsp3) is 0.310. The standard InChI is InChI=1S/C29H30BrN5O/c1-2-24(30)27-33-15-20-14-23(18-6-4-3-5-7-18)25(34-26(20)35(27)32)19-8-10-21(11-9-19)28(31)16-29(36,17-28)22-12-13-22/h3-11,14-15,22,36H,2,12-13,16-17,31-32H2,1H3/b27-24+. The predicted molar refractivity (Wildman–Crippen MR) is 148 cm³/mol. The average Bonchev–Trinajstić information content (AvgIpc) is 3.74. The van der Waals surface area contributed by atoms with E-state index in [2.05, 4.69) is 63.4 Å². The van der Waals surface area contributed by atoms with Gasteiger partial charge in [0.1, 0.15) is 0 Å². The zero-order chi connectivity index (χ0) is 25.1. The first-order valence-corrected chi connectivity index (χ1v) is 13.3. The van der Waals surface area contributed by atoms with E-state index in [4.69, 9.17) is 16.6 Å². The molecule has 1 aliphatic heterocycles. The van der Waals surface area contributed by atoms with Gasteiger partial charge >= 0.3 is 0 Å². The van der Waals surface area contributed by atoms with E-state index < -0.39 is 11.1 Å². The second-order valence-electron chi connectivity index (χ2n) is 10.3. The van der Waals surface area contributed by atoms with Crippen LogP contribution in [-0.2, 0) is 5.54 Å². The number of halogens is 1. The van der Waals surface area contributed by atoms with Gasteiger partial charge in [-0.1, -0.05) is 77.5 Å². The molecule has 2 saturated carbocycles. The Kier molecular flexibility index (Phi) is 5.64. The first-order valence-electron chi connectivity index (χ1n) is 12.5. The molecular formula is C29H30BrN5O. The van der Waals surface area contributed by atoms with E-state index in [9.17, 15) is 5.11 Å². The minimum atomic E-state index is -0.585. The van der Waals surface area contributed by atoms with Crippen LogP contribution in [0.25, 0.3) is 22.4 Å². The van der Waals surface area contributed by atoms with Crippen LogP contribution in [0.1, 0.15) is 50.2 Å². The quantitative estimate of drug-likeness (QED) is 0.364. The molecule has 2 aliphatic carbocycles. The van der Waals surface area contributed by atoms with Crippen LogP contribution < -0.4 is 16.6 Å². The number of hydrazine groups is 1. The Bertz CT molecular complexity index is 1370. The monoisotopic (exact) mass is 543 g/mol. The van der Waals surface area contributed by atoms with Gasteiger partial charge in [-0.05, 0) is 55.2 Å². The van der Waals surface area contributed by atoms with Crippen LogP contribution >= 0.6 is 15.9 Å². The van der Waals surface area contributed by atoms with Gasteiger partial charge in [-0.25, -0.2) is 20.8 Å². The number of aliphatic imine (C=N–C) groups is 1. The molecule has 1 aromatic heterocycles. The second kappa shape index (κ2) is 8.63. The van der Waals surface area contributed by atoms with Crippen LogP contribution in [0.15, 0.2) is 76.0 Å². The van der Waals surface area contributed by atoms with Crippen LogP contribution in [0.4, 0.5) is 5.82 Å². The molecule has 36 heavy (non-hydrogen) atoms. The number of fused-ring (bicyclic) bond motifs is 1. The van der Waals surface area contributed by atoms with Crippen molar-refractivity contribution in [3.05, 3.63) is 82.1 Å². The lowest BCUT2D eigenvalue weighted by Gasteiger charge is -2.52. The Labute approximate surface area is 219 Å². The van der Waals surface area contributed by atoms with E-state index in [1.165, 1.54) is 0 Å². The molecule has 6 rings (SSSR count). The molecule has 5 N–H and O–H groups in total. The van der Waals surface area contributed by atoms with Gasteiger partial charge in [0.2, 0.25) is 0 Å². The van der Waals surface area contributed by atoms with Crippen molar-refractivity contribution in [2.75, 3.05) is 5.01 Å². The summed E-state index contributed by atoms with van der Waals surface area (Å²) in [5.74, 6) is 8.24. The number of allylic oxidation sites excluding steroid dienone is 1. The van der Waals surface area contributed by atoms with Crippen molar-refractivity contribution >= 4 is 28.0 Å². The lowest BCUT2D eigenvalue weighted by atomic mass is 9.60. The molecule has 0 unspecified atom stereocenters. The smallest absolute Gasteiger partial charge is 0.158 e. The van der Waals surface area contributed by atoms with Crippen LogP contribution in [0.3, 0.4) is 0 Å². The summed E-state index contributed by atoms with van der Waals surface area (Å²) in [5.41, 5.74) is 11.5. The van der Waals surface area contributed by atoms with Crippen LogP contribution in [0, 0.1) is 5.92 Å². The molecule has 3 aliphatic rings. The van der Waals surface area contributed by atoms with Crippen molar-refractivity contribution in [1.29, 1.82) is 0 Å². The van der Waals surface area contributed by atoms with Crippen molar-refractivity contribution in [3.63, 3.8) is 0 Å². The van der Waals surface area contributed by atoms with E-state index in [-0.39, 0.29) is 0 Å². The van der Waals surface area contributed by atoms with E-state index in [1.807, 2.05) is 31.3 Å². The summed E-state index contributed by atoms with van der Waals surface area (Å²) < 4.78 is 0.923. The summed E-state index contributed by atoms with van der Waals surface area (Å²) in [6.45, 7) is 2.05. The van der Waals surface area contributed by atoms with Gasteiger partial charge in [0.25, 0.3) is 0 Å². The molecule has 0 atom stereocenters. The molecule has 184 valence electrons. The number of anilines is 1. The molecule has 2 heterocycles. The summed E-state index contributed by atoms with van der Waals surface area (Å²) in [6, 6.07) is 20.7. The van der Waals surface area contributed by atoms with Crippen molar-refractivity contribution in [2.24, 2.45) is 22.5 Å². The summed E-state index contributed by atoms with van der Waals surface area (Å²) in [6.07, 6.45) is 6.09. The molecular weight excluding hydrogens is 514 g/mol. The van der Waals surface area contributed by atoms with Crippen LogP contribution in [0.5, 0.6) is 0 Å². The molecule has 6 nitrogen and oxygen atoms in total. The van der Waals surface area contributed by atoms with Gasteiger partial charge in [-0.3, -0.25) is 0 Å². The number of aliphatic hydroxyl groups is 1. The van der Waals surface area contributed by atoms with Gasteiger partial charge in [-0.15, -0.1) is 0 Å². The lowest BCUT2D eigenvalue weighted by molar-refractivity contribution is -0.106. The number of hydrogen-bond donors (Lipinski definition) is 3. The average molecular weight is 544 g/mol. The molecule has 2 fully saturated rings. The highest BCUT2D eigenvalue weighted by Crippen LogP contribution is 2.57. The Balaban J connectivity index is 1.41.